The molecule has 0 aliphatic rings. The van der Waals surface area contributed by atoms with Gasteiger partial charge in [-0.05, 0) is 19.4 Å². The van der Waals surface area contributed by atoms with Gasteiger partial charge in [-0.25, -0.2) is 9.78 Å². The first kappa shape index (κ1) is 18.9. The predicted octanol–water partition coefficient (Wildman–Crippen LogP) is 2.81. The van der Waals surface area contributed by atoms with Crippen LogP contribution in [-0.4, -0.2) is 43.8 Å². The molecular formula is C16H22N4O4S. The lowest BCUT2D eigenvalue weighted by atomic mass is 10.2. The molecule has 0 atom stereocenters. The number of rotatable bonds is 8. The van der Waals surface area contributed by atoms with Crippen molar-refractivity contribution >= 4 is 44.3 Å². The lowest BCUT2D eigenvalue weighted by Crippen LogP contribution is -2.30. The van der Waals surface area contributed by atoms with E-state index < -0.39 is 0 Å². The summed E-state index contributed by atoms with van der Waals surface area (Å²) >= 11 is 1.31. The summed E-state index contributed by atoms with van der Waals surface area (Å²) in [4.78, 5) is 27.5. The molecule has 0 fully saturated rings. The van der Waals surface area contributed by atoms with Gasteiger partial charge in [-0.1, -0.05) is 11.3 Å². The molecule has 3 N–H and O–H groups in total. The number of fused-ring (bicyclic) bond motifs is 1. The highest BCUT2D eigenvalue weighted by Crippen LogP contribution is 2.35. The third-order valence-corrected chi connectivity index (χ3v) is 4.09. The van der Waals surface area contributed by atoms with E-state index in [0.29, 0.717) is 41.8 Å². The van der Waals surface area contributed by atoms with Crippen LogP contribution in [-0.2, 0) is 9.53 Å². The van der Waals surface area contributed by atoms with Gasteiger partial charge < -0.3 is 25.4 Å². The van der Waals surface area contributed by atoms with E-state index in [-0.39, 0.29) is 11.9 Å². The Kier molecular flexibility index (Phi) is 6.96. The van der Waals surface area contributed by atoms with E-state index in [2.05, 4.69) is 20.9 Å². The normalized spacial score (nSPS) is 10.5. The summed E-state index contributed by atoms with van der Waals surface area (Å²) in [6, 6.07) is 3.18. The largest absolute Gasteiger partial charge is 0.494 e. The Morgan fingerprint density at radius 1 is 1.28 bits per heavy atom. The second-order valence-corrected chi connectivity index (χ2v) is 6.19. The minimum Gasteiger partial charge on any atom is -0.494 e. The van der Waals surface area contributed by atoms with Crippen molar-refractivity contribution in [1.29, 1.82) is 0 Å². The van der Waals surface area contributed by atoms with Crippen LogP contribution >= 0.6 is 11.3 Å². The number of nitrogens with zero attached hydrogens (tertiary/aromatic N) is 1. The van der Waals surface area contributed by atoms with Crippen molar-refractivity contribution in [2.45, 2.75) is 20.3 Å². The molecule has 2 aromatic rings. The van der Waals surface area contributed by atoms with Crippen molar-refractivity contribution in [3.05, 3.63) is 12.1 Å². The zero-order valence-corrected chi connectivity index (χ0v) is 15.3. The number of hydrogen-bond acceptors (Lipinski definition) is 6. The van der Waals surface area contributed by atoms with Crippen LogP contribution in [0.25, 0.3) is 10.2 Å². The molecule has 9 heteroatoms. The summed E-state index contributed by atoms with van der Waals surface area (Å²) in [7, 11) is 1.53. The van der Waals surface area contributed by atoms with Gasteiger partial charge in [0.2, 0.25) is 5.91 Å². The van der Waals surface area contributed by atoms with Crippen molar-refractivity contribution in [1.82, 2.24) is 10.3 Å². The predicted molar refractivity (Wildman–Crippen MR) is 98.6 cm³/mol. The van der Waals surface area contributed by atoms with E-state index >= 15 is 0 Å². The number of nitrogens with one attached hydrogen (secondary N) is 3. The van der Waals surface area contributed by atoms with E-state index in [1.54, 1.807) is 12.1 Å². The molecule has 0 radical (unpaired) electrons. The molecule has 8 nitrogen and oxygen atoms in total. The van der Waals surface area contributed by atoms with Crippen LogP contribution in [0.4, 0.5) is 15.6 Å². The van der Waals surface area contributed by atoms with Crippen LogP contribution in [0.2, 0.25) is 0 Å². The smallest absolute Gasteiger partial charge is 0.319 e. The molecule has 0 aliphatic carbocycles. The quantitative estimate of drug-likeness (QED) is 0.624. The van der Waals surface area contributed by atoms with Crippen LogP contribution in [0.3, 0.4) is 0 Å². The van der Waals surface area contributed by atoms with Gasteiger partial charge in [-0.15, -0.1) is 0 Å². The third kappa shape index (κ3) is 5.57. The maximum atomic E-state index is 12.0. The minimum absolute atomic E-state index is 0.192. The first-order valence-corrected chi connectivity index (χ1v) is 8.74. The molecule has 0 spiro atoms. The van der Waals surface area contributed by atoms with Gasteiger partial charge in [0.25, 0.3) is 0 Å². The first-order valence-electron chi connectivity index (χ1n) is 7.92. The highest BCUT2D eigenvalue weighted by Gasteiger charge is 2.13. The highest BCUT2D eigenvalue weighted by molar-refractivity contribution is 7.22. The van der Waals surface area contributed by atoms with E-state index in [1.807, 2.05) is 6.92 Å². The minimum atomic E-state index is -0.301. The first-order chi connectivity index (χ1) is 12.0. The molecule has 0 saturated heterocycles. The second kappa shape index (κ2) is 9.19. The van der Waals surface area contributed by atoms with Crippen molar-refractivity contribution in [2.24, 2.45) is 0 Å². The van der Waals surface area contributed by atoms with Crippen LogP contribution < -0.4 is 20.7 Å². The molecule has 136 valence electrons. The molecule has 1 aromatic heterocycles. The van der Waals surface area contributed by atoms with E-state index in [1.165, 1.54) is 25.4 Å². The Bertz CT molecular complexity index is 747. The number of ether oxygens (including phenoxy) is 2. The van der Waals surface area contributed by atoms with Gasteiger partial charge in [0.1, 0.15) is 11.3 Å². The topological polar surface area (TPSA) is 102 Å². The van der Waals surface area contributed by atoms with Crippen molar-refractivity contribution < 1.29 is 19.1 Å². The van der Waals surface area contributed by atoms with Gasteiger partial charge in [0.05, 0.1) is 11.8 Å². The third-order valence-electron chi connectivity index (χ3n) is 3.18. The molecular weight excluding hydrogens is 344 g/mol. The fourth-order valence-electron chi connectivity index (χ4n) is 2.13. The summed E-state index contributed by atoms with van der Waals surface area (Å²) in [6.07, 6.45) is 0.749. The van der Waals surface area contributed by atoms with Gasteiger partial charge in [0, 0.05) is 38.4 Å². The lowest BCUT2D eigenvalue weighted by molar-refractivity contribution is -0.114. The standard InChI is InChI=1S/C16H22N4O4S/c1-4-24-7-5-6-17-15(22)19-11-8-12(23-3)14-13(9-11)25-16(20-14)18-10(2)21/h8-9H,4-7H2,1-3H3,(H2,17,19,22)(H,18,20,21). The molecule has 0 bridgehead atoms. The number of carbonyl (C=O) groups is 2. The second-order valence-electron chi connectivity index (χ2n) is 5.16. The molecule has 0 saturated carbocycles. The van der Waals surface area contributed by atoms with Crippen LogP contribution in [0.1, 0.15) is 20.3 Å². The molecule has 1 heterocycles. The average molecular weight is 366 g/mol. The highest BCUT2D eigenvalue weighted by atomic mass is 32.1. The van der Waals surface area contributed by atoms with E-state index in [4.69, 9.17) is 9.47 Å². The van der Waals surface area contributed by atoms with Crippen molar-refractivity contribution in [2.75, 3.05) is 37.5 Å². The number of amides is 3. The Balaban J connectivity index is 2.05. The summed E-state index contributed by atoms with van der Waals surface area (Å²) in [6.45, 7) is 5.16. The number of thiazole rings is 1. The zero-order valence-electron chi connectivity index (χ0n) is 14.5. The lowest BCUT2D eigenvalue weighted by Gasteiger charge is -2.09. The number of anilines is 2. The molecule has 1 aromatic carbocycles. The van der Waals surface area contributed by atoms with E-state index in [9.17, 15) is 9.59 Å². The maximum absolute atomic E-state index is 12.0. The van der Waals surface area contributed by atoms with Crippen molar-refractivity contribution in [3.8, 4) is 5.75 Å². The number of aromatic nitrogens is 1. The maximum Gasteiger partial charge on any atom is 0.319 e. The zero-order chi connectivity index (χ0) is 18.2. The summed E-state index contributed by atoms with van der Waals surface area (Å²) < 4.78 is 11.4. The van der Waals surface area contributed by atoms with Crippen LogP contribution in [0.5, 0.6) is 5.75 Å². The Morgan fingerprint density at radius 3 is 2.76 bits per heavy atom. The summed E-state index contributed by atoms with van der Waals surface area (Å²) in [5.74, 6) is 0.333. The molecule has 3 amide bonds. The fraction of sp³-hybridized carbons (Fsp3) is 0.438. The number of methoxy groups -OCH3 is 1. The molecule has 25 heavy (non-hydrogen) atoms. The fourth-order valence-corrected chi connectivity index (χ4v) is 3.10. The number of urea groups is 1. The SMILES string of the molecule is CCOCCCNC(=O)Nc1cc(OC)c2nc(NC(C)=O)sc2c1. The number of benzene rings is 1. The molecule has 0 aliphatic heterocycles. The Morgan fingerprint density at radius 2 is 2.08 bits per heavy atom. The molecule has 2 rings (SSSR count). The van der Waals surface area contributed by atoms with Gasteiger partial charge in [-0.2, -0.15) is 0 Å². The van der Waals surface area contributed by atoms with Gasteiger partial charge in [0.15, 0.2) is 5.13 Å². The Hall–Kier alpha value is -2.39. The monoisotopic (exact) mass is 366 g/mol. The van der Waals surface area contributed by atoms with Gasteiger partial charge >= 0.3 is 6.03 Å². The summed E-state index contributed by atoms with van der Waals surface area (Å²) in [5, 5.41) is 8.67. The number of carbonyl (C=O) groups excluding carboxylic acids is 2. The average Bonchev–Trinajstić information content (AvgIpc) is 2.95. The summed E-state index contributed by atoms with van der Waals surface area (Å²) in [5.41, 5.74) is 1.23. The van der Waals surface area contributed by atoms with Gasteiger partial charge in [-0.3, -0.25) is 4.79 Å². The molecule has 0 unspecified atom stereocenters. The van der Waals surface area contributed by atoms with Crippen molar-refractivity contribution in [3.63, 3.8) is 0 Å². The number of hydrogen-bond donors (Lipinski definition) is 3. The van der Waals surface area contributed by atoms with Crippen LogP contribution in [0.15, 0.2) is 12.1 Å². The Labute approximate surface area is 149 Å². The van der Waals surface area contributed by atoms with E-state index in [0.717, 1.165) is 11.1 Å². The van der Waals surface area contributed by atoms with Crippen LogP contribution in [0, 0.1) is 0 Å².